The maximum Gasteiger partial charge on any atom is 0.158 e. The standard InChI is InChI=1S/C10H11N3/c11-9-4-1-3-8(7-9)10-12-5-2-6-13-10/h2-3,5-7H,1,4,11H2. The van der Waals surface area contributed by atoms with E-state index in [2.05, 4.69) is 16.0 Å². The number of nitrogens with two attached hydrogens (primary N) is 1. The summed E-state index contributed by atoms with van der Waals surface area (Å²) in [6.45, 7) is 0. The number of nitrogens with zero attached hydrogens (tertiary/aromatic N) is 2. The quantitative estimate of drug-likeness (QED) is 0.700. The van der Waals surface area contributed by atoms with E-state index in [1.54, 1.807) is 18.5 Å². The predicted octanol–water partition coefficient (Wildman–Crippen LogP) is 1.50. The van der Waals surface area contributed by atoms with E-state index in [4.69, 9.17) is 5.73 Å². The molecule has 3 heteroatoms. The normalized spacial score (nSPS) is 16.3. The molecule has 0 saturated carbocycles. The molecule has 1 aliphatic rings. The van der Waals surface area contributed by atoms with E-state index >= 15 is 0 Å². The monoisotopic (exact) mass is 173 g/mol. The van der Waals surface area contributed by atoms with Gasteiger partial charge in [-0.25, -0.2) is 9.97 Å². The molecule has 66 valence electrons. The van der Waals surface area contributed by atoms with Gasteiger partial charge in [-0.15, -0.1) is 0 Å². The Bertz CT molecular complexity index is 352. The molecule has 0 atom stereocenters. The highest BCUT2D eigenvalue weighted by atomic mass is 14.9. The lowest BCUT2D eigenvalue weighted by Gasteiger charge is -2.08. The average Bonchev–Trinajstić information content (AvgIpc) is 2.19. The summed E-state index contributed by atoms with van der Waals surface area (Å²) in [6, 6.07) is 1.81. The molecule has 0 amide bonds. The Labute approximate surface area is 77.0 Å². The maximum atomic E-state index is 5.73. The zero-order valence-corrected chi connectivity index (χ0v) is 7.27. The molecule has 2 N–H and O–H groups in total. The molecule has 0 aliphatic heterocycles. The molecule has 0 aromatic carbocycles. The minimum Gasteiger partial charge on any atom is -0.402 e. The van der Waals surface area contributed by atoms with Crippen LogP contribution < -0.4 is 5.73 Å². The molecule has 0 bridgehead atoms. The van der Waals surface area contributed by atoms with Crippen molar-refractivity contribution >= 4 is 5.57 Å². The van der Waals surface area contributed by atoms with Gasteiger partial charge in [-0.2, -0.15) is 0 Å². The first-order valence-electron chi connectivity index (χ1n) is 4.30. The van der Waals surface area contributed by atoms with Gasteiger partial charge < -0.3 is 5.73 Å². The largest absolute Gasteiger partial charge is 0.402 e. The van der Waals surface area contributed by atoms with Crippen LogP contribution in [0, 0.1) is 0 Å². The number of hydrogen-bond acceptors (Lipinski definition) is 3. The van der Waals surface area contributed by atoms with Crippen LogP contribution in [0.3, 0.4) is 0 Å². The van der Waals surface area contributed by atoms with Crippen molar-refractivity contribution in [2.24, 2.45) is 5.73 Å². The Balaban J connectivity index is 2.33. The predicted molar refractivity (Wildman–Crippen MR) is 51.5 cm³/mol. The topological polar surface area (TPSA) is 51.8 Å². The van der Waals surface area contributed by atoms with Gasteiger partial charge in [0.2, 0.25) is 0 Å². The lowest BCUT2D eigenvalue weighted by atomic mass is 10.0. The van der Waals surface area contributed by atoms with Crippen molar-refractivity contribution in [3.05, 3.63) is 42.1 Å². The van der Waals surface area contributed by atoms with E-state index in [-0.39, 0.29) is 0 Å². The molecular formula is C10H11N3. The molecule has 3 nitrogen and oxygen atoms in total. The van der Waals surface area contributed by atoms with Crippen molar-refractivity contribution in [2.45, 2.75) is 12.8 Å². The summed E-state index contributed by atoms with van der Waals surface area (Å²) in [7, 11) is 0. The highest BCUT2D eigenvalue weighted by Crippen LogP contribution is 2.19. The highest BCUT2D eigenvalue weighted by Gasteiger charge is 2.05. The van der Waals surface area contributed by atoms with E-state index in [1.165, 1.54) is 0 Å². The van der Waals surface area contributed by atoms with Crippen molar-refractivity contribution in [3.8, 4) is 0 Å². The zero-order chi connectivity index (χ0) is 9.10. The Kier molecular flexibility index (Phi) is 2.08. The second-order valence-corrected chi connectivity index (χ2v) is 2.99. The first-order valence-corrected chi connectivity index (χ1v) is 4.30. The Hall–Kier alpha value is -1.64. The van der Waals surface area contributed by atoms with E-state index < -0.39 is 0 Å². The molecule has 0 saturated heterocycles. The summed E-state index contributed by atoms with van der Waals surface area (Å²) in [6.07, 6.45) is 9.46. The number of hydrogen-bond donors (Lipinski definition) is 1. The Morgan fingerprint density at radius 1 is 1.23 bits per heavy atom. The second-order valence-electron chi connectivity index (χ2n) is 2.99. The van der Waals surface area contributed by atoms with Crippen molar-refractivity contribution in [1.29, 1.82) is 0 Å². The highest BCUT2D eigenvalue weighted by molar-refractivity contribution is 5.70. The summed E-state index contributed by atoms with van der Waals surface area (Å²) in [5.74, 6) is 0.755. The van der Waals surface area contributed by atoms with Gasteiger partial charge in [0.25, 0.3) is 0 Å². The first kappa shape index (κ1) is 7.98. The zero-order valence-electron chi connectivity index (χ0n) is 7.27. The molecule has 0 spiro atoms. The molecule has 13 heavy (non-hydrogen) atoms. The molecule has 0 unspecified atom stereocenters. The molecule has 1 heterocycles. The molecular weight excluding hydrogens is 162 g/mol. The van der Waals surface area contributed by atoms with E-state index in [0.717, 1.165) is 29.9 Å². The third-order valence-corrected chi connectivity index (χ3v) is 1.96. The lowest BCUT2D eigenvalue weighted by Crippen LogP contribution is -2.02. The number of rotatable bonds is 1. The SMILES string of the molecule is NC1=CC(c2ncccn2)=CCC1. The van der Waals surface area contributed by atoms with Crippen LogP contribution in [0.4, 0.5) is 0 Å². The van der Waals surface area contributed by atoms with Gasteiger partial charge in [-0.05, 0) is 25.0 Å². The fraction of sp³-hybridized carbons (Fsp3) is 0.200. The summed E-state index contributed by atoms with van der Waals surface area (Å²) < 4.78 is 0. The minimum atomic E-state index is 0.755. The van der Waals surface area contributed by atoms with Crippen LogP contribution in [0.15, 0.2) is 36.3 Å². The van der Waals surface area contributed by atoms with Crippen LogP contribution >= 0.6 is 0 Å². The summed E-state index contributed by atoms with van der Waals surface area (Å²) in [5, 5.41) is 0. The molecule has 2 rings (SSSR count). The lowest BCUT2D eigenvalue weighted by molar-refractivity contribution is 0.942. The van der Waals surface area contributed by atoms with Crippen molar-refractivity contribution in [3.63, 3.8) is 0 Å². The third-order valence-electron chi connectivity index (χ3n) is 1.96. The summed E-state index contributed by atoms with van der Waals surface area (Å²) >= 11 is 0. The molecule has 0 radical (unpaired) electrons. The van der Waals surface area contributed by atoms with Crippen LogP contribution in [-0.4, -0.2) is 9.97 Å². The molecule has 1 aliphatic carbocycles. The van der Waals surface area contributed by atoms with Crippen LogP contribution in [0.5, 0.6) is 0 Å². The van der Waals surface area contributed by atoms with Crippen LogP contribution in [-0.2, 0) is 0 Å². The van der Waals surface area contributed by atoms with Gasteiger partial charge >= 0.3 is 0 Å². The Morgan fingerprint density at radius 2 is 2.00 bits per heavy atom. The second kappa shape index (κ2) is 3.39. The van der Waals surface area contributed by atoms with Crippen LogP contribution in [0.25, 0.3) is 5.57 Å². The maximum absolute atomic E-state index is 5.73. The smallest absolute Gasteiger partial charge is 0.158 e. The minimum absolute atomic E-state index is 0.755. The molecule has 1 aromatic rings. The summed E-state index contributed by atoms with van der Waals surface area (Å²) in [5.41, 5.74) is 7.67. The van der Waals surface area contributed by atoms with E-state index in [9.17, 15) is 0 Å². The van der Waals surface area contributed by atoms with Crippen molar-refractivity contribution in [1.82, 2.24) is 9.97 Å². The van der Waals surface area contributed by atoms with E-state index in [1.807, 2.05) is 6.08 Å². The third kappa shape index (κ3) is 1.75. The molecule has 1 aromatic heterocycles. The van der Waals surface area contributed by atoms with Gasteiger partial charge in [0.1, 0.15) is 0 Å². The van der Waals surface area contributed by atoms with Crippen molar-refractivity contribution in [2.75, 3.05) is 0 Å². The van der Waals surface area contributed by atoms with Gasteiger partial charge in [0.05, 0.1) is 0 Å². The first-order chi connectivity index (χ1) is 6.36. The Morgan fingerprint density at radius 3 is 2.69 bits per heavy atom. The van der Waals surface area contributed by atoms with Crippen LogP contribution in [0.1, 0.15) is 18.7 Å². The fourth-order valence-corrected chi connectivity index (χ4v) is 1.33. The van der Waals surface area contributed by atoms with Crippen LogP contribution in [0.2, 0.25) is 0 Å². The van der Waals surface area contributed by atoms with Crippen molar-refractivity contribution < 1.29 is 0 Å². The van der Waals surface area contributed by atoms with Gasteiger partial charge in [-0.3, -0.25) is 0 Å². The van der Waals surface area contributed by atoms with Gasteiger partial charge in [0, 0.05) is 23.7 Å². The van der Waals surface area contributed by atoms with Gasteiger partial charge in [-0.1, -0.05) is 6.08 Å². The van der Waals surface area contributed by atoms with E-state index in [0.29, 0.717) is 0 Å². The number of aromatic nitrogens is 2. The van der Waals surface area contributed by atoms with Gasteiger partial charge in [0.15, 0.2) is 5.82 Å². The average molecular weight is 173 g/mol. The summed E-state index contributed by atoms with van der Waals surface area (Å²) in [4.78, 5) is 8.31. The fourth-order valence-electron chi connectivity index (χ4n) is 1.33. The molecule has 0 fully saturated rings. The number of allylic oxidation sites excluding steroid dienone is 4.